The average molecular weight is 140 g/mol. The first-order valence-corrected chi connectivity index (χ1v) is 3.75. The molecule has 0 unspecified atom stereocenters. The molecular weight excluding hydrogens is 126 g/mol. The SMILES string of the molecule is N=C(N)CC1CC[N]CC1. The van der Waals surface area contributed by atoms with Crippen LogP contribution >= 0.6 is 0 Å². The topological polar surface area (TPSA) is 64.0 Å². The quantitative estimate of drug-likeness (QED) is 0.421. The van der Waals surface area contributed by atoms with Crippen LogP contribution in [0, 0.1) is 11.3 Å². The van der Waals surface area contributed by atoms with E-state index in [2.05, 4.69) is 5.32 Å². The Morgan fingerprint density at radius 1 is 1.50 bits per heavy atom. The minimum absolute atomic E-state index is 0.326. The van der Waals surface area contributed by atoms with E-state index in [1.165, 1.54) is 0 Å². The molecule has 1 radical (unpaired) electrons. The second-order valence-electron chi connectivity index (χ2n) is 2.84. The maximum atomic E-state index is 7.08. The van der Waals surface area contributed by atoms with Gasteiger partial charge in [0, 0.05) is 19.5 Å². The number of piperidine rings is 1. The number of rotatable bonds is 2. The van der Waals surface area contributed by atoms with Gasteiger partial charge in [-0.2, -0.15) is 0 Å². The Labute approximate surface area is 61.5 Å². The third-order valence-corrected chi connectivity index (χ3v) is 1.90. The molecule has 1 heterocycles. The minimum Gasteiger partial charge on any atom is -0.388 e. The molecule has 0 aromatic rings. The molecule has 1 saturated heterocycles. The summed E-state index contributed by atoms with van der Waals surface area (Å²) in [6, 6.07) is 0. The van der Waals surface area contributed by atoms with E-state index in [4.69, 9.17) is 11.1 Å². The Bertz CT molecular complexity index is 116. The molecule has 57 valence electrons. The van der Waals surface area contributed by atoms with Gasteiger partial charge in [0.1, 0.15) is 0 Å². The predicted molar refractivity (Wildman–Crippen MR) is 41.1 cm³/mol. The van der Waals surface area contributed by atoms with E-state index in [9.17, 15) is 0 Å². The van der Waals surface area contributed by atoms with Gasteiger partial charge in [0.2, 0.25) is 0 Å². The van der Waals surface area contributed by atoms with Crippen LogP contribution in [0.15, 0.2) is 0 Å². The molecule has 1 rings (SSSR count). The van der Waals surface area contributed by atoms with E-state index in [-0.39, 0.29) is 0 Å². The monoisotopic (exact) mass is 140 g/mol. The standard InChI is InChI=1S/C7H14N3/c8-7(9)5-6-1-3-10-4-2-6/h6H,1-5H2,(H3,8,9). The van der Waals surface area contributed by atoms with Crippen LogP contribution in [-0.2, 0) is 0 Å². The molecule has 0 saturated carbocycles. The Kier molecular flexibility index (Phi) is 2.68. The fourth-order valence-electron chi connectivity index (χ4n) is 1.32. The Balaban J connectivity index is 2.19. The Morgan fingerprint density at radius 3 is 2.60 bits per heavy atom. The van der Waals surface area contributed by atoms with E-state index in [1.807, 2.05) is 0 Å². The number of nitrogens with one attached hydrogen (secondary N) is 1. The second-order valence-corrected chi connectivity index (χ2v) is 2.84. The molecule has 10 heavy (non-hydrogen) atoms. The molecule has 0 aromatic heterocycles. The molecule has 0 aliphatic carbocycles. The second kappa shape index (κ2) is 3.56. The van der Waals surface area contributed by atoms with Crippen LogP contribution in [0.5, 0.6) is 0 Å². The van der Waals surface area contributed by atoms with Gasteiger partial charge in [0.15, 0.2) is 0 Å². The fraction of sp³-hybridized carbons (Fsp3) is 0.857. The van der Waals surface area contributed by atoms with E-state index in [0.717, 1.165) is 32.4 Å². The third-order valence-electron chi connectivity index (χ3n) is 1.90. The van der Waals surface area contributed by atoms with Gasteiger partial charge < -0.3 is 5.73 Å². The lowest BCUT2D eigenvalue weighted by Gasteiger charge is -2.20. The van der Waals surface area contributed by atoms with Crippen molar-refractivity contribution in [2.45, 2.75) is 19.3 Å². The summed E-state index contributed by atoms with van der Waals surface area (Å²) in [5, 5.41) is 11.3. The van der Waals surface area contributed by atoms with Crippen molar-refractivity contribution in [1.82, 2.24) is 5.32 Å². The number of amidine groups is 1. The van der Waals surface area contributed by atoms with Gasteiger partial charge in [-0.1, -0.05) is 0 Å². The summed E-state index contributed by atoms with van der Waals surface area (Å²) >= 11 is 0. The lowest BCUT2D eigenvalue weighted by molar-refractivity contribution is 0.378. The zero-order valence-electron chi connectivity index (χ0n) is 6.14. The molecule has 0 atom stereocenters. The number of hydrogen-bond acceptors (Lipinski definition) is 1. The van der Waals surface area contributed by atoms with Crippen molar-refractivity contribution in [1.29, 1.82) is 5.41 Å². The van der Waals surface area contributed by atoms with Gasteiger partial charge >= 0.3 is 0 Å². The Morgan fingerprint density at radius 2 is 2.10 bits per heavy atom. The number of hydrogen-bond donors (Lipinski definition) is 2. The molecule has 1 aliphatic heterocycles. The molecule has 3 N–H and O–H groups in total. The first kappa shape index (κ1) is 7.54. The van der Waals surface area contributed by atoms with Crippen molar-refractivity contribution >= 4 is 5.84 Å². The average Bonchev–Trinajstić information content (AvgIpc) is 1.88. The van der Waals surface area contributed by atoms with Crippen LogP contribution in [-0.4, -0.2) is 18.9 Å². The van der Waals surface area contributed by atoms with Crippen molar-refractivity contribution in [2.24, 2.45) is 11.7 Å². The van der Waals surface area contributed by atoms with E-state index in [0.29, 0.717) is 11.8 Å². The summed E-state index contributed by atoms with van der Waals surface area (Å²) in [4.78, 5) is 0. The van der Waals surface area contributed by atoms with Gasteiger partial charge in [-0.25, -0.2) is 5.32 Å². The highest BCUT2D eigenvalue weighted by molar-refractivity contribution is 5.77. The summed E-state index contributed by atoms with van der Waals surface area (Å²) < 4.78 is 0. The molecule has 0 bridgehead atoms. The van der Waals surface area contributed by atoms with Gasteiger partial charge in [-0.15, -0.1) is 0 Å². The highest BCUT2D eigenvalue weighted by Crippen LogP contribution is 2.15. The molecule has 0 spiro atoms. The largest absolute Gasteiger partial charge is 0.388 e. The lowest BCUT2D eigenvalue weighted by Crippen LogP contribution is -2.25. The molecule has 3 nitrogen and oxygen atoms in total. The number of nitrogens with zero attached hydrogens (tertiary/aromatic N) is 1. The Hall–Kier alpha value is -0.570. The normalized spacial score (nSPS) is 20.8. The number of nitrogens with two attached hydrogens (primary N) is 1. The zero-order chi connectivity index (χ0) is 7.40. The molecule has 1 fully saturated rings. The van der Waals surface area contributed by atoms with Gasteiger partial charge in [-0.3, -0.25) is 5.41 Å². The maximum Gasteiger partial charge on any atom is 0.0908 e. The third kappa shape index (κ3) is 2.35. The summed E-state index contributed by atoms with van der Waals surface area (Å²) in [5.41, 5.74) is 5.28. The van der Waals surface area contributed by atoms with Gasteiger partial charge in [0.25, 0.3) is 0 Å². The van der Waals surface area contributed by atoms with Crippen LogP contribution in [0.3, 0.4) is 0 Å². The first-order valence-electron chi connectivity index (χ1n) is 3.75. The van der Waals surface area contributed by atoms with Crippen LogP contribution in [0.4, 0.5) is 0 Å². The molecule has 0 aromatic carbocycles. The van der Waals surface area contributed by atoms with Crippen LogP contribution < -0.4 is 11.1 Å². The lowest BCUT2D eigenvalue weighted by atomic mass is 9.94. The highest BCUT2D eigenvalue weighted by Gasteiger charge is 2.13. The minimum atomic E-state index is 0.326. The van der Waals surface area contributed by atoms with Crippen molar-refractivity contribution in [3.8, 4) is 0 Å². The van der Waals surface area contributed by atoms with Crippen molar-refractivity contribution in [3.05, 3.63) is 0 Å². The summed E-state index contributed by atoms with van der Waals surface area (Å²) in [5.74, 6) is 0.960. The molecule has 3 heteroatoms. The summed E-state index contributed by atoms with van der Waals surface area (Å²) in [6.07, 6.45) is 3.02. The van der Waals surface area contributed by atoms with Gasteiger partial charge in [0.05, 0.1) is 5.84 Å². The molecule has 0 amide bonds. The van der Waals surface area contributed by atoms with Crippen LogP contribution in [0.25, 0.3) is 0 Å². The van der Waals surface area contributed by atoms with Gasteiger partial charge in [-0.05, 0) is 18.8 Å². The summed E-state index contributed by atoms with van der Waals surface area (Å²) in [6.45, 7) is 1.94. The van der Waals surface area contributed by atoms with E-state index >= 15 is 0 Å². The van der Waals surface area contributed by atoms with E-state index in [1.54, 1.807) is 0 Å². The molecular formula is C7H14N3. The van der Waals surface area contributed by atoms with Crippen molar-refractivity contribution < 1.29 is 0 Å². The molecule has 1 aliphatic rings. The summed E-state index contributed by atoms with van der Waals surface area (Å²) in [7, 11) is 0. The highest BCUT2D eigenvalue weighted by atomic mass is 14.9. The first-order chi connectivity index (χ1) is 4.79. The van der Waals surface area contributed by atoms with Crippen LogP contribution in [0.1, 0.15) is 19.3 Å². The maximum absolute atomic E-state index is 7.08. The van der Waals surface area contributed by atoms with Crippen molar-refractivity contribution in [3.63, 3.8) is 0 Å². The van der Waals surface area contributed by atoms with E-state index < -0.39 is 0 Å². The fourth-order valence-corrected chi connectivity index (χ4v) is 1.32. The smallest absolute Gasteiger partial charge is 0.0908 e. The van der Waals surface area contributed by atoms with Crippen molar-refractivity contribution in [2.75, 3.05) is 13.1 Å². The predicted octanol–water partition coefficient (Wildman–Crippen LogP) is 0.327. The van der Waals surface area contributed by atoms with Crippen LogP contribution in [0.2, 0.25) is 0 Å². The zero-order valence-corrected chi connectivity index (χ0v) is 6.14.